The minimum atomic E-state index is -0.228. The van der Waals surface area contributed by atoms with Gasteiger partial charge in [0.05, 0.1) is 19.3 Å². The summed E-state index contributed by atoms with van der Waals surface area (Å²) in [7, 11) is 0. The molecule has 19 heavy (non-hydrogen) atoms. The van der Waals surface area contributed by atoms with Gasteiger partial charge in [-0.15, -0.1) is 0 Å². The van der Waals surface area contributed by atoms with Gasteiger partial charge in [-0.25, -0.2) is 0 Å². The maximum absolute atomic E-state index is 12.2. The molecule has 1 aromatic rings. The third-order valence-electron chi connectivity index (χ3n) is 3.44. The van der Waals surface area contributed by atoms with Crippen LogP contribution in [0.25, 0.3) is 0 Å². The van der Waals surface area contributed by atoms with Gasteiger partial charge in [-0.05, 0) is 18.9 Å². The molecule has 1 aliphatic heterocycles. The Balaban J connectivity index is 1.98. The van der Waals surface area contributed by atoms with Gasteiger partial charge in [0.25, 0.3) is 0 Å². The zero-order valence-corrected chi connectivity index (χ0v) is 11.6. The highest BCUT2D eigenvalue weighted by Crippen LogP contribution is 2.17. The van der Waals surface area contributed by atoms with Crippen molar-refractivity contribution < 1.29 is 9.53 Å². The van der Waals surface area contributed by atoms with Crippen LogP contribution in [0.2, 0.25) is 0 Å². The standard InChI is InChI=1S/C15H22N2O2/c1-3-13(12-6-4-11(2)5-7-12)17-15(18)14-10-19-9-8-16-14/h4-7,13-14,16H,3,8-10H2,1-2H3,(H,17,18). The molecule has 104 valence electrons. The number of nitrogens with one attached hydrogen (secondary N) is 2. The normalized spacial score (nSPS) is 20.8. The van der Waals surface area contributed by atoms with E-state index in [1.165, 1.54) is 5.56 Å². The van der Waals surface area contributed by atoms with E-state index in [0.29, 0.717) is 13.2 Å². The molecule has 4 heteroatoms. The topological polar surface area (TPSA) is 50.4 Å². The molecule has 1 fully saturated rings. The first-order valence-corrected chi connectivity index (χ1v) is 6.88. The average molecular weight is 262 g/mol. The Morgan fingerprint density at radius 3 is 2.79 bits per heavy atom. The van der Waals surface area contributed by atoms with Gasteiger partial charge >= 0.3 is 0 Å². The number of benzene rings is 1. The van der Waals surface area contributed by atoms with Gasteiger partial charge in [-0.1, -0.05) is 36.8 Å². The predicted molar refractivity (Wildman–Crippen MR) is 75.0 cm³/mol. The molecule has 1 aromatic carbocycles. The van der Waals surface area contributed by atoms with Crippen LogP contribution in [-0.2, 0) is 9.53 Å². The zero-order chi connectivity index (χ0) is 13.7. The third kappa shape index (κ3) is 3.78. The molecule has 1 saturated heterocycles. The Kier molecular flexibility index (Phi) is 4.93. The number of aryl methyl sites for hydroxylation is 1. The molecule has 0 radical (unpaired) electrons. The lowest BCUT2D eigenvalue weighted by Gasteiger charge is -2.26. The molecule has 2 N–H and O–H groups in total. The van der Waals surface area contributed by atoms with Crippen LogP contribution in [-0.4, -0.2) is 31.7 Å². The van der Waals surface area contributed by atoms with E-state index in [1.807, 2.05) is 0 Å². The quantitative estimate of drug-likeness (QED) is 0.865. The number of ether oxygens (including phenoxy) is 1. The molecular weight excluding hydrogens is 240 g/mol. The molecule has 2 unspecified atom stereocenters. The lowest BCUT2D eigenvalue weighted by molar-refractivity contribution is -0.126. The van der Waals surface area contributed by atoms with E-state index in [9.17, 15) is 4.79 Å². The van der Waals surface area contributed by atoms with E-state index in [0.717, 1.165) is 18.5 Å². The first-order valence-electron chi connectivity index (χ1n) is 6.88. The van der Waals surface area contributed by atoms with Crippen LogP contribution < -0.4 is 10.6 Å². The van der Waals surface area contributed by atoms with Crippen molar-refractivity contribution in [3.63, 3.8) is 0 Å². The highest BCUT2D eigenvalue weighted by Gasteiger charge is 2.23. The lowest BCUT2D eigenvalue weighted by atomic mass is 10.0. The summed E-state index contributed by atoms with van der Waals surface area (Å²) >= 11 is 0. The van der Waals surface area contributed by atoms with Crippen molar-refractivity contribution >= 4 is 5.91 Å². The number of carbonyl (C=O) groups excluding carboxylic acids is 1. The van der Waals surface area contributed by atoms with Gasteiger partial charge in [0.2, 0.25) is 5.91 Å². The van der Waals surface area contributed by atoms with Crippen molar-refractivity contribution in [2.45, 2.75) is 32.4 Å². The van der Waals surface area contributed by atoms with Gasteiger partial charge in [0.1, 0.15) is 6.04 Å². The maximum Gasteiger partial charge on any atom is 0.240 e. The second kappa shape index (κ2) is 6.68. The first kappa shape index (κ1) is 14.0. The van der Waals surface area contributed by atoms with Crippen molar-refractivity contribution in [1.82, 2.24) is 10.6 Å². The number of hydrogen-bond acceptors (Lipinski definition) is 3. The Morgan fingerprint density at radius 1 is 1.47 bits per heavy atom. The molecule has 0 bridgehead atoms. The average Bonchev–Trinajstić information content (AvgIpc) is 2.46. The summed E-state index contributed by atoms with van der Waals surface area (Å²) in [4.78, 5) is 12.2. The van der Waals surface area contributed by atoms with Gasteiger partial charge in [-0.3, -0.25) is 4.79 Å². The second-order valence-electron chi connectivity index (χ2n) is 4.96. The van der Waals surface area contributed by atoms with E-state index in [1.54, 1.807) is 0 Å². The van der Waals surface area contributed by atoms with Crippen molar-refractivity contribution in [2.75, 3.05) is 19.8 Å². The van der Waals surface area contributed by atoms with Crippen LogP contribution in [0.3, 0.4) is 0 Å². The van der Waals surface area contributed by atoms with Gasteiger partial charge in [-0.2, -0.15) is 0 Å². The summed E-state index contributed by atoms with van der Waals surface area (Å²) in [6, 6.07) is 8.14. The van der Waals surface area contributed by atoms with E-state index >= 15 is 0 Å². The smallest absolute Gasteiger partial charge is 0.240 e. The van der Waals surface area contributed by atoms with Crippen molar-refractivity contribution in [2.24, 2.45) is 0 Å². The first-order chi connectivity index (χ1) is 9.20. The van der Waals surface area contributed by atoms with E-state index in [2.05, 4.69) is 48.7 Å². The summed E-state index contributed by atoms with van der Waals surface area (Å²) in [5, 5.41) is 6.26. The summed E-state index contributed by atoms with van der Waals surface area (Å²) in [5.41, 5.74) is 2.38. The van der Waals surface area contributed by atoms with E-state index in [4.69, 9.17) is 4.74 Å². The minimum absolute atomic E-state index is 0.0205. The van der Waals surface area contributed by atoms with Gasteiger partial charge in [0.15, 0.2) is 0 Å². The van der Waals surface area contributed by atoms with Gasteiger partial charge < -0.3 is 15.4 Å². The number of carbonyl (C=O) groups is 1. The zero-order valence-electron chi connectivity index (χ0n) is 11.6. The molecule has 0 aliphatic carbocycles. The fraction of sp³-hybridized carbons (Fsp3) is 0.533. The maximum atomic E-state index is 12.2. The Hall–Kier alpha value is -1.39. The molecule has 0 aromatic heterocycles. The minimum Gasteiger partial charge on any atom is -0.378 e. The number of amides is 1. The number of hydrogen-bond donors (Lipinski definition) is 2. The van der Waals surface area contributed by atoms with Crippen molar-refractivity contribution in [1.29, 1.82) is 0 Å². The van der Waals surface area contributed by atoms with Crippen LogP contribution in [0.4, 0.5) is 0 Å². The van der Waals surface area contributed by atoms with Crippen LogP contribution >= 0.6 is 0 Å². The lowest BCUT2D eigenvalue weighted by Crippen LogP contribution is -2.51. The molecule has 2 rings (SSSR count). The molecule has 1 aliphatic rings. The predicted octanol–water partition coefficient (Wildman–Crippen LogP) is 1.55. The Morgan fingerprint density at radius 2 is 2.21 bits per heavy atom. The summed E-state index contributed by atoms with van der Waals surface area (Å²) < 4.78 is 5.32. The van der Waals surface area contributed by atoms with Crippen molar-refractivity contribution in [3.05, 3.63) is 35.4 Å². The molecule has 0 saturated carbocycles. The summed E-state index contributed by atoms with van der Waals surface area (Å²) in [5.74, 6) is 0.0205. The molecule has 4 nitrogen and oxygen atoms in total. The van der Waals surface area contributed by atoms with Gasteiger partial charge in [0, 0.05) is 6.54 Å². The molecule has 0 spiro atoms. The van der Waals surface area contributed by atoms with E-state index in [-0.39, 0.29) is 18.0 Å². The van der Waals surface area contributed by atoms with Crippen LogP contribution in [0.15, 0.2) is 24.3 Å². The van der Waals surface area contributed by atoms with Crippen LogP contribution in [0, 0.1) is 6.92 Å². The molecular formula is C15H22N2O2. The second-order valence-corrected chi connectivity index (χ2v) is 4.96. The van der Waals surface area contributed by atoms with E-state index < -0.39 is 0 Å². The summed E-state index contributed by atoms with van der Waals surface area (Å²) in [6.45, 7) is 6.01. The Labute approximate surface area is 114 Å². The number of morpholine rings is 1. The molecule has 2 atom stereocenters. The SMILES string of the molecule is CCC(NC(=O)C1COCCN1)c1ccc(C)cc1. The third-order valence-corrected chi connectivity index (χ3v) is 3.44. The summed E-state index contributed by atoms with van der Waals surface area (Å²) in [6.07, 6.45) is 0.877. The van der Waals surface area contributed by atoms with Crippen LogP contribution in [0.1, 0.15) is 30.5 Å². The van der Waals surface area contributed by atoms with Crippen LogP contribution in [0.5, 0.6) is 0 Å². The largest absolute Gasteiger partial charge is 0.378 e. The fourth-order valence-corrected chi connectivity index (χ4v) is 2.23. The highest BCUT2D eigenvalue weighted by molar-refractivity contribution is 5.82. The molecule has 1 amide bonds. The number of rotatable bonds is 4. The highest BCUT2D eigenvalue weighted by atomic mass is 16.5. The Bertz CT molecular complexity index is 411. The molecule has 1 heterocycles. The van der Waals surface area contributed by atoms with Crippen molar-refractivity contribution in [3.8, 4) is 0 Å². The fourth-order valence-electron chi connectivity index (χ4n) is 2.23. The monoisotopic (exact) mass is 262 g/mol.